The minimum Gasteiger partial charge on any atom is -0.448 e. The van der Waals surface area contributed by atoms with Crippen molar-refractivity contribution in [1.29, 1.82) is 0 Å². The predicted octanol–water partition coefficient (Wildman–Crippen LogP) is 4.22. The summed E-state index contributed by atoms with van der Waals surface area (Å²) >= 11 is 0. The maximum Gasteiger partial charge on any atom is 0.243 e. The number of halogens is 3. The molecule has 6 nitrogen and oxygen atoms in total. The van der Waals surface area contributed by atoms with Crippen LogP contribution < -0.4 is 5.32 Å². The second-order valence-corrected chi connectivity index (χ2v) is 9.02. The van der Waals surface area contributed by atoms with Crippen LogP contribution in [0.5, 0.6) is 0 Å². The SMILES string of the molecule is O=C(NC(c1ccccc1)c1cc(F)c(C2CC2)c(F)c1)C1CC(F)CN1C(=O)Cc1ncco1. The van der Waals surface area contributed by atoms with Crippen molar-refractivity contribution in [1.82, 2.24) is 15.2 Å². The standard InChI is InChI=1S/C26H24F3N3O3/c27-18-12-21(32(14-18)23(33)13-22-30-8-9-35-22)26(34)31-25(16-4-2-1-3-5-16)17-10-19(28)24(15-6-7-15)20(29)11-17/h1-5,8-11,15,18,21,25H,6-7,12-14H2,(H,31,34). The molecule has 3 unspecified atom stereocenters. The zero-order valence-corrected chi connectivity index (χ0v) is 18.8. The van der Waals surface area contributed by atoms with E-state index in [0.717, 1.165) is 12.8 Å². The first kappa shape index (κ1) is 23.1. The molecular weight excluding hydrogens is 459 g/mol. The number of alkyl halides is 1. The highest BCUT2D eigenvalue weighted by Crippen LogP contribution is 2.43. The van der Waals surface area contributed by atoms with E-state index in [0.29, 0.717) is 5.56 Å². The van der Waals surface area contributed by atoms with Gasteiger partial charge in [-0.15, -0.1) is 0 Å². The van der Waals surface area contributed by atoms with Crippen molar-refractivity contribution < 1.29 is 27.2 Å². The molecule has 1 aliphatic heterocycles. The molecule has 3 aromatic rings. The monoisotopic (exact) mass is 483 g/mol. The number of carbonyl (C=O) groups is 2. The molecule has 1 aromatic heterocycles. The Labute approximate surface area is 200 Å². The van der Waals surface area contributed by atoms with Crippen LogP contribution in [0.1, 0.15) is 53.8 Å². The first-order chi connectivity index (χ1) is 16.9. The Bertz CT molecular complexity index is 1190. The van der Waals surface area contributed by atoms with Gasteiger partial charge in [-0.3, -0.25) is 9.59 Å². The summed E-state index contributed by atoms with van der Waals surface area (Å²) in [6, 6.07) is 9.27. The van der Waals surface area contributed by atoms with E-state index in [1.807, 2.05) is 0 Å². The summed E-state index contributed by atoms with van der Waals surface area (Å²) < 4.78 is 49.1. The summed E-state index contributed by atoms with van der Waals surface area (Å²) in [4.78, 5) is 31.2. The zero-order chi connectivity index (χ0) is 24.5. The van der Waals surface area contributed by atoms with E-state index < -0.39 is 41.7 Å². The topological polar surface area (TPSA) is 75.4 Å². The fourth-order valence-electron chi connectivity index (χ4n) is 4.66. The van der Waals surface area contributed by atoms with E-state index >= 15 is 0 Å². The molecule has 0 bridgehead atoms. The number of likely N-dealkylation sites (tertiary alicyclic amines) is 1. The Kier molecular flexibility index (Phi) is 6.32. The number of benzene rings is 2. The highest BCUT2D eigenvalue weighted by molar-refractivity contribution is 5.89. The Morgan fingerprint density at radius 1 is 1.11 bits per heavy atom. The average Bonchev–Trinajstić information content (AvgIpc) is 3.37. The molecular formula is C26H24F3N3O3. The normalized spacial score (nSPS) is 20.6. The van der Waals surface area contributed by atoms with Crippen LogP contribution in [0.2, 0.25) is 0 Å². The van der Waals surface area contributed by atoms with E-state index in [1.54, 1.807) is 30.3 Å². The van der Waals surface area contributed by atoms with Gasteiger partial charge in [-0.25, -0.2) is 18.2 Å². The molecule has 3 atom stereocenters. The van der Waals surface area contributed by atoms with Gasteiger partial charge in [-0.1, -0.05) is 30.3 Å². The maximum atomic E-state index is 14.8. The van der Waals surface area contributed by atoms with E-state index in [1.165, 1.54) is 29.5 Å². The number of carbonyl (C=O) groups excluding carboxylic acids is 2. The minimum absolute atomic E-state index is 0.0752. The number of nitrogens with one attached hydrogen (secondary N) is 1. The van der Waals surface area contributed by atoms with Gasteiger partial charge in [0.05, 0.1) is 18.8 Å². The van der Waals surface area contributed by atoms with Crippen molar-refractivity contribution in [3.8, 4) is 0 Å². The summed E-state index contributed by atoms with van der Waals surface area (Å²) in [5.41, 5.74) is 0.911. The van der Waals surface area contributed by atoms with Crippen LogP contribution in [0.4, 0.5) is 13.2 Å². The van der Waals surface area contributed by atoms with E-state index in [2.05, 4.69) is 10.3 Å². The second kappa shape index (κ2) is 9.56. The van der Waals surface area contributed by atoms with E-state index in [-0.39, 0.29) is 42.3 Å². The Hall–Kier alpha value is -3.62. The van der Waals surface area contributed by atoms with Crippen LogP contribution >= 0.6 is 0 Å². The molecule has 1 aliphatic carbocycles. The predicted molar refractivity (Wildman–Crippen MR) is 120 cm³/mol. The third kappa shape index (κ3) is 4.94. The third-order valence-electron chi connectivity index (χ3n) is 6.50. The lowest BCUT2D eigenvalue weighted by Crippen LogP contribution is -2.47. The lowest BCUT2D eigenvalue weighted by Gasteiger charge is -2.27. The van der Waals surface area contributed by atoms with E-state index in [4.69, 9.17) is 4.42 Å². The van der Waals surface area contributed by atoms with Crippen LogP contribution in [-0.2, 0) is 16.0 Å². The summed E-state index contributed by atoms with van der Waals surface area (Å²) in [7, 11) is 0. The lowest BCUT2D eigenvalue weighted by molar-refractivity contribution is -0.138. The smallest absolute Gasteiger partial charge is 0.243 e. The number of hydrogen-bond acceptors (Lipinski definition) is 4. The molecule has 1 saturated carbocycles. The van der Waals surface area contributed by atoms with Crippen LogP contribution in [0.25, 0.3) is 0 Å². The van der Waals surface area contributed by atoms with Gasteiger partial charge in [0.1, 0.15) is 36.5 Å². The number of hydrogen-bond donors (Lipinski definition) is 1. The van der Waals surface area contributed by atoms with Gasteiger partial charge in [-0.2, -0.15) is 0 Å². The highest BCUT2D eigenvalue weighted by atomic mass is 19.1. The molecule has 2 fully saturated rings. The van der Waals surface area contributed by atoms with Gasteiger partial charge >= 0.3 is 0 Å². The molecule has 2 aromatic carbocycles. The van der Waals surface area contributed by atoms with Gasteiger partial charge in [-0.05, 0) is 42.0 Å². The van der Waals surface area contributed by atoms with Crippen LogP contribution in [0.3, 0.4) is 0 Å². The Morgan fingerprint density at radius 2 is 1.83 bits per heavy atom. The first-order valence-electron chi connectivity index (χ1n) is 11.6. The number of rotatable bonds is 7. The summed E-state index contributed by atoms with van der Waals surface area (Å²) in [5, 5.41) is 2.80. The largest absolute Gasteiger partial charge is 0.448 e. The molecule has 2 aliphatic rings. The third-order valence-corrected chi connectivity index (χ3v) is 6.50. The maximum absolute atomic E-state index is 14.8. The lowest BCUT2D eigenvalue weighted by atomic mass is 9.95. The van der Waals surface area contributed by atoms with Crippen molar-refractivity contribution in [2.45, 2.75) is 49.9 Å². The van der Waals surface area contributed by atoms with E-state index in [9.17, 15) is 22.8 Å². The average molecular weight is 483 g/mol. The summed E-state index contributed by atoms with van der Waals surface area (Å²) in [6.07, 6.45) is 2.46. The number of oxazole rings is 1. The van der Waals surface area contributed by atoms with Crippen molar-refractivity contribution in [2.24, 2.45) is 0 Å². The van der Waals surface area contributed by atoms with Gasteiger partial charge in [0, 0.05) is 12.0 Å². The van der Waals surface area contributed by atoms with Crippen LogP contribution in [0, 0.1) is 11.6 Å². The van der Waals surface area contributed by atoms with Crippen molar-refractivity contribution in [2.75, 3.05) is 6.54 Å². The summed E-state index contributed by atoms with van der Waals surface area (Å²) in [6.45, 7) is -0.229. The minimum atomic E-state index is -1.37. The van der Waals surface area contributed by atoms with Crippen LogP contribution in [0.15, 0.2) is 59.3 Å². The molecule has 5 rings (SSSR count). The molecule has 35 heavy (non-hydrogen) atoms. The van der Waals surface area contributed by atoms with Crippen molar-refractivity contribution >= 4 is 11.8 Å². The highest BCUT2D eigenvalue weighted by Gasteiger charge is 2.41. The number of amides is 2. The zero-order valence-electron chi connectivity index (χ0n) is 18.8. The van der Waals surface area contributed by atoms with Crippen molar-refractivity contribution in [3.63, 3.8) is 0 Å². The Morgan fingerprint density at radius 3 is 2.46 bits per heavy atom. The van der Waals surface area contributed by atoms with Gasteiger partial charge < -0.3 is 14.6 Å². The molecule has 0 spiro atoms. The molecule has 2 heterocycles. The molecule has 1 N–H and O–H groups in total. The van der Waals surface area contributed by atoms with Gasteiger partial charge in [0.25, 0.3) is 0 Å². The Balaban J connectivity index is 1.41. The molecule has 182 valence electrons. The summed E-state index contributed by atoms with van der Waals surface area (Å²) in [5.74, 6) is -2.34. The quantitative estimate of drug-likeness (QED) is 0.546. The number of nitrogens with zero attached hydrogens (tertiary/aromatic N) is 2. The fraction of sp³-hybridized carbons (Fsp3) is 0.346. The second-order valence-electron chi connectivity index (χ2n) is 9.02. The van der Waals surface area contributed by atoms with Crippen LogP contribution in [-0.4, -0.2) is 40.5 Å². The molecule has 1 saturated heterocycles. The number of aromatic nitrogens is 1. The molecule has 9 heteroatoms. The first-order valence-corrected chi connectivity index (χ1v) is 11.6. The van der Waals surface area contributed by atoms with Gasteiger partial charge in [0.2, 0.25) is 17.7 Å². The van der Waals surface area contributed by atoms with Gasteiger partial charge in [0.15, 0.2) is 0 Å². The van der Waals surface area contributed by atoms with Crippen molar-refractivity contribution in [3.05, 3.63) is 89.1 Å². The molecule has 0 radical (unpaired) electrons. The molecule has 2 amide bonds. The fourth-order valence-corrected chi connectivity index (χ4v) is 4.66.